The summed E-state index contributed by atoms with van der Waals surface area (Å²) in [4.78, 5) is 11.3. The highest BCUT2D eigenvalue weighted by atomic mass is 15.2. The maximum absolute atomic E-state index is 4.41. The Kier molecular flexibility index (Phi) is 5.59. The molecule has 1 aromatic heterocycles. The number of aryl methyl sites for hydroxylation is 1. The Morgan fingerprint density at radius 1 is 1.30 bits per heavy atom. The van der Waals surface area contributed by atoms with Crippen LogP contribution in [-0.4, -0.2) is 47.6 Å². The predicted molar refractivity (Wildman–Crippen MR) is 84.3 cm³/mol. The van der Waals surface area contributed by atoms with Crippen molar-refractivity contribution in [2.24, 2.45) is 0 Å². The molecule has 20 heavy (non-hydrogen) atoms. The summed E-state index contributed by atoms with van der Waals surface area (Å²) in [5, 5.41) is 6.45. The summed E-state index contributed by atoms with van der Waals surface area (Å²) < 4.78 is 0. The second-order valence-electron chi connectivity index (χ2n) is 5.60. The highest BCUT2D eigenvalue weighted by Gasteiger charge is 2.16. The summed E-state index contributed by atoms with van der Waals surface area (Å²) in [6.45, 7) is 7.67. The van der Waals surface area contributed by atoms with E-state index < -0.39 is 0 Å². The Balaban J connectivity index is 1.74. The fraction of sp³-hybridized carbons (Fsp3) is 0.733. The predicted octanol–water partition coefficient (Wildman–Crippen LogP) is 2.50. The molecule has 2 heterocycles. The molecule has 0 bridgehead atoms. The summed E-state index contributed by atoms with van der Waals surface area (Å²) in [5.41, 5.74) is 0. The third-order valence-corrected chi connectivity index (χ3v) is 3.96. The molecule has 5 heteroatoms. The topological polar surface area (TPSA) is 53.1 Å². The third-order valence-electron chi connectivity index (χ3n) is 3.96. The van der Waals surface area contributed by atoms with Crippen LogP contribution in [0.15, 0.2) is 6.07 Å². The molecule has 0 amide bonds. The monoisotopic (exact) mass is 277 g/mol. The quantitative estimate of drug-likeness (QED) is 0.783. The van der Waals surface area contributed by atoms with E-state index in [4.69, 9.17) is 0 Å². The number of hydrogen-bond donors (Lipinski definition) is 2. The smallest absolute Gasteiger partial charge is 0.131 e. The van der Waals surface area contributed by atoms with E-state index in [1.165, 1.54) is 32.4 Å². The number of hydrogen-bond acceptors (Lipinski definition) is 5. The van der Waals surface area contributed by atoms with Gasteiger partial charge < -0.3 is 15.5 Å². The molecule has 1 unspecified atom stereocenters. The minimum absolute atomic E-state index is 0.751. The number of rotatable bonds is 6. The molecule has 1 aromatic rings. The highest BCUT2D eigenvalue weighted by Crippen LogP contribution is 2.16. The normalized spacial score (nSPS) is 19.9. The van der Waals surface area contributed by atoms with Gasteiger partial charge >= 0.3 is 0 Å². The minimum Gasteiger partial charge on any atom is -0.373 e. The summed E-state index contributed by atoms with van der Waals surface area (Å²) >= 11 is 0. The van der Waals surface area contributed by atoms with E-state index in [0.717, 1.165) is 36.5 Å². The summed E-state index contributed by atoms with van der Waals surface area (Å²) in [5.74, 6) is 2.57. The van der Waals surface area contributed by atoms with Crippen molar-refractivity contribution >= 4 is 11.6 Å². The van der Waals surface area contributed by atoms with Crippen LogP contribution < -0.4 is 10.6 Å². The molecule has 0 aromatic carbocycles. The van der Waals surface area contributed by atoms with Crippen LogP contribution in [0.3, 0.4) is 0 Å². The number of anilines is 2. The zero-order valence-corrected chi connectivity index (χ0v) is 12.9. The average Bonchev–Trinajstić information content (AvgIpc) is 2.44. The zero-order chi connectivity index (χ0) is 14.4. The number of piperidine rings is 1. The molecule has 0 spiro atoms. The van der Waals surface area contributed by atoms with Crippen molar-refractivity contribution < 1.29 is 0 Å². The molecule has 1 aliphatic heterocycles. The van der Waals surface area contributed by atoms with E-state index in [-0.39, 0.29) is 0 Å². The van der Waals surface area contributed by atoms with Crippen molar-refractivity contribution in [2.75, 3.05) is 37.3 Å². The van der Waals surface area contributed by atoms with Gasteiger partial charge in [0.15, 0.2) is 0 Å². The number of nitrogens with zero attached hydrogens (tertiary/aromatic N) is 3. The van der Waals surface area contributed by atoms with Crippen LogP contribution >= 0.6 is 0 Å². The molecular weight excluding hydrogens is 250 g/mol. The zero-order valence-electron chi connectivity index (χ0n) is 12.9. The summed E-state index contributed by atoms with van der Waals surface area (Å²) in [6.07, 6.45) is 5.25. The molecular formula is C15H27N5. The molecule has 112 valence electrons. The van der Waals surface area contributed by atoms with Crippen LogP contribution in [-0.2, 0) is 0 Å². The average molecular weight is 277 g/mol. The van der Waals surface area contributed by atoms with Gasteiger partial charge in [0.05, 0.1) is 0 Å². The largest absolute Gasteiger partial charge is 0.373 e. The first kappa shape index (κ1) is 15.0. The maximum atomic E-state index is 4.41. The second kappa shape index (κ2) is 7.43. The van der Waals surface area contributed by atoms with Crippen LogP contribution in [0.4, 0.5) is 11.6 Å². The minimum atomic E-state index is 0.751. The molecule has 1 saturated heterocycles. The van der Waals surface area contributed by atoms with E-state index >= 15 is 0 Å². The molecule has 1 fully saturated rings. The molecule has 1 aliphatic rings. The van der Waals surface area contributed by atoms with Gasteiger partial charge in [0.1, 0.15) is 17.5 Å². The van der Waals surface area contributed by atoms with E-state index in [9.17, 15) is 0 Å². The van der Waals surface area contributed by atoms with Gasteiger partial charge in [0, 0.05) is 32.2 Å². The van der Waals surface area contributed by atoms with Gasteiger partial charge in [0.25, 0.3) is 0 Å². The molecule has 2 rings (SSSR count). The third kappa shape index (κ3) is 4.34. The molecule has 2 N–H and O–H groups in total. The van der Waals surface area contributed by atoms with E-state index in [0.29, 0.717) is 0 Å². The van der Waals surface area contributed by atoms with Crippen molar-refractivity contribution in [1.82, 2.24) is 14.9 Å². The molecule has 0 aliphatic carbocycles. The Hall–Kier alpha value is -1.36. The Bertz CT molecular complexity index is 421. The van der Waals surface area contributed by atoms with E-state index in [1.54, 1.807) is 0 Å². The lowest BCUT2D eigenvalue weighted by Crippen LogP contribution is -2.38. The molecule has 5 nitrogen and oxygen atoms in total. The van der Waals surface area contributed by atoms with Gasteiger partial charge in [-0.25, -0.2) is 9.97 Å². The van der Waals surface area contributed by atoms with Gasteiger partial charge in [-0.15, -0.1) is 0 Å². The Morgan fingerprint density at radius 2 is 2.10 bits per heavy atom. The Labute approximate surface area is 122 Å². The fourth-order valence-corrected chi connectivity index (χ4v) is 2.77. The van der Waals surface area contributed by atoms with Crippen molar-refractivity contribution in [1.29, 1.82) is 0 Å². The van der Waals surface area contributed by atoms with Crippen molar-refractivity contribution in [3.8, 4) is 0 Å². The maximum Gasteiger partial charge on any atom is 0.131 e. The standard InChI is InChI=1S/C15H27N5/c1-12-7-4-5-9-20(12)10-6-8-17-15-11-14(16-3)18-13(2)19-15/h11-12H,4-10H2,1-3H3,(H2,16,17,18,19). The van der Waals surface area contributed by atoms with E-state index in [1.807, 2.05) is 20.0 Å². The van der Waals surface area contributed by atoms with Crippen molar-refractivity contribution in [2.45, 2.75) is 45.6 Å². The van der Waals surface area contributed by atoms with Crippen LogP contribution in [0.5, 0.6) is 0 Å². The highest BCUT2D eigenvalue weighted by molar-refractivity contribution is 5.46. The lowest BCUT2D eigenvalue weighted by molar-refractivity contribution is 0.160. The first-order valence-electron chi connectivity index (χ1n) is 7.70. The van der Waals surface area contributed by atoms with Gasteiger partial charge in [-0.05, 0) is 39.7 Å². The molecule has 0 saturated carbocycles. The van der Waals surface area contributed by atoms with E-state index in [2.05, 4.69) is 32.4 Å². The van der Waals surface area contributed by atoms with Gasteiger partial charge in [-0.2, -0.15) is 0 Å². The van der Waals surface area contributed by atoms with Crippen molar-refractivity contribution in [3.63, 3.8) is 0 Å². The Morgan fingerprint density at radius 3 is 2.85 bits per heavy atom. The molecule has 1 atom stereocenters. The van der Waals surface area contributed by atoms with Crippen LogP contribution in [0.25, 0.3) is 0 Å². The lowest BCUT2D eigenvalue weighted by atomic mass is 10.0. The van der Waals surface area contributed by atoms with Gasteiger partial charge in [-0.3, -0.25) is 0 Å². The van der Waals surface area contributed by atoms with Crippen LogP contribution in [0.1, 0.15) is 38.4 Å². The lowest BCUT2D eigenvalue weighted by Gasteiger charge is -2.33. The second-order valence-corrected chi connectivity index (χ2v) is 5.60. The summed E-state index contributed by atoms with van der Waals surface area (Å²) in [6, 6.07) is 2.71. The van der Waals surface area contributed by atoms with Gasteiger partial charge in [0.2, 0.25) is 0 Å². The number of aromatic nitrogens is 2. The van der Waals surface area contributed by atoms with Crippen molar-refractivity contribution in [3.05, 3.63) is 11.9 Å². The molecule has 0 radical (unpaired) electrons. The fourth-order valence-electron chi connectivity index (χ4n) is 2.77. The first-order valence-corrected chi connectivity index (χ1v) is 7.70. The first-order chi connectivity index (χ1) is 9.69. The van der Waals surface area contributed by atoms with Crippen LogP contribution in [0, 0.1) is 6.92 Å². The van der Waals surface area contributed by atoms with Crippen LogP contribution in [0.2, 0.25) is 0 Å². The number of nitrogens with one attached hydrogen (secondary N) is 2. The van der Waals surface area contributed by atoms with Gasteiger partial charge in [-0.1, -0.05) is 6.42 Å². The SMILES string of the molecule is CNc1cc(NCCCN2CCCCC2C)nc(C)n1. The number of likely N-dealkylation sites (tertiary alicyclic amines) is 1. The summed E-state index contributed by atoms with van der Waals surface area (Å²) in [7, 11) is 1.88.